The van der Waals surface area contributed by atoms with E-state index in [4.69, 9.17) is 5.26 Å². The molecule has 1 amide bonds. The summed E-state index contributed by atoms with van der Waals surface area (Å²) in [6.45, 7) is 9.01. The zero-order valence-electron chi connectivity index (χ0n) is 11.0. The van der Waals surface area contributed by atoms with Gasteiger partial charge < -0.3 is 10.2 Å². The number of hydrogen-bond donors (Lipinski definition) is 1. The van der Waals surface area contributed by atoms with E-state index < -0.39 is 0 Å². The Hall–Kier alpha value is -1.08. The summed E-state index contributed by atoms with van der Waals surface area (Å²) < 4.78 is 0. The van der Waals surface area contributed by atoms with E-state index in [2.05, 4.69) is 11.4 Å². The first-order valence-electron chi connectivity index (χ1n) is 5.73. The molecule has 4 heteroatoms. The lowest BCUT2D eigenvalue weighted by Gasteiger charge is -2.22. The lowest BCUT2D eigenvalue weighted by Crippen LogP contribution is -2.43. The zero-order valence-corrected chi connectivity index (χ0v) is 11.0. The van der Waals surface area contributed by atoms with E-state index in [1.807, 2.05) is 27.7 Å². The SMILES string of the molecule is CCN(C)C(=O)C(C)NCCC(C)(C)C#N. The van der Waals surface area contributed by atoms with Gasteiger partial charge in [0, 0.05) is 13.6 Å². The molecular formula is C12H23N3O. The molecule has 92 valence electrons. The van der Waals surface area contributed by atoms with Crippen LogP contribution in [0.15, 0.2) is 0 Å². The van der Waals surface area contributed by atoms with Gasteiger partial charge in [-0.05, 0) is 40.7 Å². The van der Waals surface area contributed by atoms with Gasteiger partial charge in [-0.25, -0.2) is 0 Å². The maximum Gasteiger partial charge on any atom is 0.239 e. The third kappa shape index (κ3) is 5.13. The Morgan fingerprint density at radius 2 is 2.12 bits per heavy atom. The summed E-state index contributed by atoms with van der Waals surface area (Å²) in [5.74, 6) is 0.0947. The second kappa shape index (κ2) is 6.49. The van der Waals surface area contributed by atoms with Gasteiger partial charge in [0.15, 0.2) is 0 Å². The number of carbonyl (C=O) groups is 1. The summed E-state index contributed by atoms with van der Waals surface area (Å²) in [6, 6.07) is 2.06. The molecule has 1 N–H and O–H groups in total. The molecule has 1 unspecified atom stereocenters. The van der Waals surface area contributed by atoms with Crippen LogP contribution in [0.5, 0.6) is 0 Å². The van der Waals surface area contributed by atoms with Crippen molar-refractivity contribution in [3.63, 3.8) is 0 Å². The van der Waals surface area contributed by atoms with Crippen LogP contribution < -0.4 is 5.32 Å². The molecule has 0 aromatic carbocycles. The summed E-state index contributed by atoms with van der Waals surface area (Å²) in [6.07, 6.45) is 0.747. The number of nitrogens with zero attached hydrogens (tertiary/aromatic N) is 2. The highest BCUT2D eigenvalue weighted by Gasteiger charge is 2.19. The van der Waals surface area contributed by atoms with E-state index in [0.29, 0.717) is 13.1 Å². The average Bonchev–Trinajstić information content (AvgIpc) is 2.26. The Bertz CT molecular complexity index is 268. The molecule has 0 fully saturated rings. The predicted octanol–water partition coefficient (Wildman–Crippen LogP) is 1.38. The molecule has 0 spiro atoms. The van der Waals surface area contributed by atoms with Crippen molar-refractivity contribution < 1.29 is 4.79 Å². The van der Waals surface area contributed by atoms with Crippen molar-refractivity contribution in [2.24, 2.45) is 5.41 Å². The van der Waals surface area contributed by atoms with Crippen molar-refractivity contribution in [3.05, 3.63) is 0 Å². The fourth-order valence-corrected chi connectivity index (χ4v) is 1.23. The van der Waals surface area contributed by atoms with Crippen molar-refractivity contribution in [1.82, 2.24) is 10.2 Å². The molecule has 0 saturated heterocycles. The van der Waals surface area contributed by atoms with Gasteiger partial charge >= 0.3 is 0 Å². The number of amides is 1. The van der Waals surface area contributed by atoms with Crippen LogP contribution in [0.25, 0.3) is 0 Å². The molecule has 16 heavy (non-hydrogen) atoms. The summed E-state index contributed by atoms with van der Waals surface area (Å²) in [4.78, 5) is 13.4. The van der Waals surface area contributed by atoms with Crippen LogP contribution in [0.2, 0.25) is 0 Å². The number of carbonyl (C=O) groups excluding carboxylic acids is 1. The van der Waals surface area contributed by atoms with Gasteiger partial charge in [-0.15, -0.1) is 0 Å². The standard InChI is InChI=1S/C12H23N3O/c1-6-15(5)11(16)10(2)14-8-7-12(3,4)9-13/h10,14H,6-8H2,1-5H3. The maximum atomic E-state index is 11.7. The normalized spacial score (nSPS) is 13.0. The average molecular weight is 225 g/mol. The summed E-state index contributed by atoms with van der Waals surface area (Å²) in [5.41, 5.74) is -0.327. The van der Waals surface area contributed by atoms with Gasteiger partial charge in [0.25, 0.3) is 0 Å². The molecule has 0 radical (unpaired) electrons. The van der Waals surface area contributed by atoms with E-state index >= 15 is 0 Å². The van der Waals surface area contributed by atoms with Gasteiger partial charge in [-0.3, -0.25) is 4.79 Å². The molecule has 0 aliphatic heterocycles. The van der Waals surface area contributed by atoms with Gasteiger partial charge in [0.1, 0.15) is 0 Å². The number of hydrogen-bond acceptors (Lipinski definition) is 3. The van der Waals surface area contributed by atoms with E-state index in [-0.39, 0.29) is 17.4 Å². The third-order valence-electron chi connectivity index (χ3n) is 2.72. The first-order chi connectivity index (χ1) is 7.34. The van der Waals surface area contributed by atoms with Crippen molar-refractivity contribution in [1.29, 1.82) is 5.26 Å². The van der Waals surface area contributed by atoms with Crippen LogP contribution in [0.3, 0.4) is 0 Å². The molecule has 4 nitrogen and oxygen atoms in total. The van der Waals surface area contributed by atoms with Gasteiger partial charge in [-0.1, -0.05) is 0 Å². The van der Waals surface area contributed by atoms with Crippen LogP contribution in [0, 0.1) is 16.7 Å². The molecule has 0 aromatic rings. The van der Waals surface area contributed by atoms with Crippen molar-refractivity contribution in [3.8, 4) is 6.07 Å². The third-order valence-corrected chi connectivity index (χ3v) is 2.72. The first-order valence-corrected chi connectivity index (χ1v) is 5.73. The number of likely N-dealkylation sites (N-methyl/N-ethyl adjacent to an activating group) is 1. The highest BCUT2D eigenvalue weighted by Crippen LogP contribution is 2.17. The molecule has 0 saturated carbocycles. The zero-order chi connectivity index (χ0) is 12.8. The first kappa shape index (κ1) is 14.9. The fourth-order valence-electron chi connectivity index (χ4n) is 1.23. The van der Waals surface area contributed by atoms with Crippen molar-refractivity contribution in [2.45, 2.75) is 40.2 Å². The second-order valence-corrected chi connectivity index (χ2v) is 4.77. The van der Waals surface area contributed by atoms with E-state index in [1.165, 1.54) is 0 Å². The second-order valence-electron chi connectivity index (χ2n) is 4.77. The Balaban J connectivity index is 3.96. The minimum absolute atomic E-state index is 0.0947. The minimum atomic E-state index is -0.327. The Kier molecular flexibility index (Phi) is 6.05. The summed E-state index contributed by atoms with van der Waals surface area (Å²) >= 11 is 0. The van der Waals surface area contributed by atoms with Gasteiger partial charge in [-0.2, -0.15) is 5.26 Å². The molecule has 0 aliphatic carbocycles. The largest absolute Gasteiger partial charge is 0.345 e. The number of nitrogens with one attached hydrogen (secondary N) is 1. The monoisotopic (exact) mass is 225 g/mol. The highest BCUT2D eigenvalue weighted by molar-refractivity contribution is 5.81. The molecule has 1 atom stereocenters. The molecule has 0 aliphatic rings. The van der Waals surface area contributed by atoms with Crippen LogP contribution in [0.1, 0.15) is 34.1 Å². The van der Waals surface area contributed by atoms with E-state index in [1.54, 1.807) is 11.9 Å². The van der Waals surface area contributed by atoms with Crippen LogP contribution in [0.4, 0.5) is 0 Å². The predicted molar refractivity (Wildman–Crippen MR) is 64.8 cm³/mol. The molecule has 0 rings (SSSR count). The Morgan fingerprint density at radius 3 is 2.56 bits per heavy atom. The smallest absolute Gasteiger partial charge is 0.239 e. The van der Waals surface area contributed by atoms with Crippen LogP contribution >= 0.6 is 0 Å². The van der Waals surface area contributed by atoms with Gasteiger partial charge in [0.05, 0.1) is 17.5 Å². The molecular weight excluding hydrogens is 202 g/mol. The number of nitriles is 1. The Labute approximate surface area is 98.6 Å². The van der Waals surface area contributed by atoms with Crippen molar-refractivity contribution >= 4 is 5.91 Å². The van der Waals surface area contributed by atoms with Crippen LogP contribution in [-0.4, -0.2) is 37.0 Å². The number of rotatable bonds is 6. The fraction of sp³-hybridized carbons (Fsp3) is 0.833. The molecule has 0 aromatic heterocycles. The maximum absolute atomic E-state index is 11.7. The summed E-state index contributed by atoms with van der Waals surface area (Å²) in [7, 11) is 1.79. The van der Waals surface area contributed by atoms with Crippen molar-refractivity contribution in [2.75, 3.05) is 20.1 Å². The Morgan fingerprint density at radius 1 is 1.56 bits per heavy atom. The lowest BCUT2D eigenvalue weighted by atomic mass is 9.91. The highest BCUT2D eigenvalue weighted by atomic mass is 16.2. The topological polar surface area (TPSA) is 56.1 Å². The van der Waals surface area contributed by atoms with E-state index in [0.717, 1.165) is 6.42 Å². The molecule has 0 heterocycles. The lowest BCUT2D eigenvalue weighted by molar-refractivity contribution is -0.131. The van der Waals surface area contributed by atoms with Crippen LogP contribution in [-0.2, 0) is 4.79 Å². The van der Waals surface area contributed by atoms with Gasteiger partial charge in [0.2, 0.25) is 5.91 Å². The summed E-state index contributed by atoms with van der Waals surface area (Å²) in [5, 5.41) is 12.0. The quantitative estimate of drug-likeness (QED) is 0.743. The van der Waals surface area contributed by atoms with E-state index in [9.17, 15) is 4.79 Å². The molecule has 0 bridgehead atoms. The minimum Gasteiger partial charge on any atom is -0.345 e.